The Balaban J connectivity index is 1.42. The number of nitrogens with zero attached hydrogens (tertiary/aromatic N) is 2. The van der Waals surface area contributed by atoms with Crippen molar-refractivity contribution in [2.24, 2.45) is 0 Å². The molecule has 2 aromatic carbocycles. The van der Waals surface area contributed by atoms with E-state index in [0.29, 0.717) is 0 Å². The van der Waals surface area contributed by atoms with Crippen LogP contribution in [0.4, 0.5) is 4.79 Å². The van der Waals surface area contributed by atoms with Gasteiger partial charge in [-0.2, -0.15) is 0 Å². The van der Waals surface area contributed by atoms with Crippen LogP contribution < -0.4 is 5.32 Å². The molecule has 2 atom stereocenters. The summed E-state index contributed by atoms with van der Waals surface area (Å²) in [5, 5.41) is 22.0. The van der Waals surface area contributed by atoms with Gasteiger partial charge >= 0.3 is 12.1 Å². The first-order valence-corrected chi connectivity index (χ1v) is 11.2. The average molecular weight is 468 g/mol. The summed E-state index contributed by atoms with van der Waals surface area (Å²) in [4.78, 5) is 40.1. The Morgan fingerprint density at radius 2 is 1.71 bits per heavy atom. The van der Waals surface area contributed by atoms with Gasteiger partial charge in [0.25, 0.3) is 0 Å². The third-order valence-electron chi connectivity index (χ3n) is 6.44. The lowest BCUT2D eigenvalue weighted by Crippen LogP contribution is -2.53. The van der Waals surface area contributed by atoms with Crippen molar-refractivity contribution in [2.45, 2.75) is 24.0 Å². The number of carboxylic acid groups (broad SMARTS) is 1. The summed E-state index contributed by atoms with van der Waals surface area (Å²) in [5.41, 5.74) is 2.44. The molecule has 0 radical (unpaired) electrons. The van der Waals surface area contributed by atoms with E-state index >= 15 is 0 Å². The molecule has 0 aromatic heterocycles. The first-order chi connectivity index (χ1) is 16.2. The molecule has 1 fully saturated rings. The lowest BCUT2D eigenvalue weighted by atomic mass is 9.98. The van der Waals surface area contributed by atoms with Crippen LogP contribution in [0.1, 0.15) is 23.5 Å². The molecule has 0 saturated carbocycles. The van der Waals surface area contributed by atoms with Crippen molar-refractivity contribution in [2.75, 3.05) is 40.3 Å². The highest BCUT2D eigenvalue weighted by molar-refractivity contribution is 5.88. The van der Waals surface area contributed by atoms with E-state index < -0.39 is 29.6 Å². The summed E-state index contributed by atoms with van der Waals surface area (Å²) in [6.45, 7) is 0.0889. The number of ether oxygens (including phenoxy) is 1. The Morgan fingerprint density at radius 3 is 2.24 bits per heavy atom. The maximum Gasteiger partial charge on any atom is 0.407 e. The molecule has 9 nitrogen and oxygen atoms in total. The second-order valence-electron chi connectivity index (χ2n) is 9.13. The molecule has 2 aromatic rings. The predicted octanol–water partition coefficient (Wildman–Crippen LogP) is 1.50. The number of likely N-dealkylation sites (N-methyl/N-ethyl adjacent to an activating group) is 1. The molecule has 1 aliphatic carbocycles. The van der Waals surface area contributed by atoms with Crippen molar-refractivity contribution in [1.29, 1.82) is 0 Å². The highest BCUT2D eigenvalue weighted by Gasteiger charge is 2.46. The molecular formula is C25H29N3O6. The van der Waals surface area contributed by atoms with Gasteiger partial charge < -0.3 is 30.1 Å². The normalized spacial score (nSPS) is 20.1. The maximum atomic E-state index is 13.0. The number of nitrogens with one attached hydrogen (secondary N) is 1. The van der Waals surface area contributed by atoms with E-state index in [-0.39, 0.29) is 38.6 Å². The zero-order valence-electron chi connectivity index (χ0n) is 19.2. The van der Waals surface area contributed by atoms with E-state index in [2.05, 4.69) is 5.32 Å². The Labute approximate surface area is 197 Å². The molecular weight excluding hydrogens is 438 g/mol. The monoisotopic (exact) mass is 467 g/mol. The largest absolute Gasteiger partial charge is 0.479 e. The standard InChI is InChI=1S/C25H29N3O6/c1-27(2)13-21(22(29)28-12-11-25(33,15-28)23(30)31)26-24(32)34-14-20-18-9-5-3-7-16(18)17-8-4-6-10-19(17)20/h3-10,20-21,33H,11-15H2,1-2H3,(H,26,32)(H,30,31)/t21-,25?/m0/s1. The molecule has 2 amide bonds. The van der Waals surface area contributed by atoms with Crippen LogP contribution in [-0.4, -0.2) is 90.0 Å². The number of rotatable bonds is 7. The number of fused-ring (bicyclic) bond motifs is 3. The van der Waals surface area contributed by atoms with E-state index in [1.165, 1.54) is 4.90 Å². The number of hydrogen-bond donors (Lipinski definition) is 3. The number of aliphatic carboxylic acids is 1. The van der Waals surface area contributed by atoms with Gasteiger partial charge in [-0.25, -0.2) is 9.59 Å². The van der Waals surface area contributed by atoms with Crippen LogP contribution in [-0.2, 0) is 14.3 Å². The fraction of sp³-hybridized carbons (Fsp3) is 0.400. The minimum absolute atomic E-state index is 0.0618. The fourth-order valence-corrected chi connectivity index (χ4v) is 4.71. The van der Waals surface area contributed by atoms with Crippen LogP contribution in [0, 0.1) is 0 Å². The summed E-state index contributed by atoms with van der Waals surface area (Å²) in [7, 11) is 3.52. The van der Waals surface area contributed by atoms with Gasteiger partial charge in [0.1, 0.15) is 12.6 Å². The molecule has 1 heterocycles. The van der Waals surface area contributed by atoms with E-state index in [1.807, 2.05) is 48.5 Å². The second-order valence-corrected chi connectivity index (χ2v) is 9.13. The Morgan fingerprint density at radius 1 is 1.12 bits per heavy atom. The predicted molar refractivity (Wildman–Crippen MR) is 124 cm³/mol. The average Bonchev–Trinajstić information content (AvgIpc) is 3.36. The van der Waals surface area contributed by atoms with Gasteiger partial charge in [-0.05, 0) is 36.3 Å². The number of carbonyl (C=O) groups is 3. The summed E-state index contributed by atoms with van der Waals surface area (Å²) in [5.74, 6) is -1.93. The van der Waals surface area contributed by atoms with Crippen molar-refractivity contribution in [3.05, 3.63) is 59.7 Å². The number of carbonyl (C=O) groups excluding carboxylic acids is 2. The van der Waals surface area contributed by atoms with Crippen molar-refractivity contribution in [3.63, 3.8) is 0 Å². The summed E-state index contributed by atoms with van der Waals surface area (Å²) >= 11 is 0. The molecule has 9 heteroatoms. The number of aliphatic hydroxyl groups is 1. The van der Waals surface area contributed by atoms with E-state index in [9.17, 15) is 24.6 Å². The number of alkyl carbamates (subject to hydrolysis) is 1. The number of amides is 2. The summed E-state index contributed by atoms with van der Waals surface area (Å²) < 4.78 is 5.56. The Hall–Kier alpha value is -3.43. The number of likely N-dealkylation sites (tertiary alicyclic amines) is 1. The minimum Gasteiger partial charge on any atom is -0.479 e. The van der Waals surface area contributed by atoms with E-state index in [0.717, 1.165) is 22.3 Å². The highest BCUT2D eigenvalue weighted by Crippen LogP contribution is 2.44. The zero-order chi connectivity index (χ0) is 24.5. The second kappa shape index (κ2) is 9.44. The van der Waals surface area contributed by atoms with Gasteiger partial charge in [0, 0.05) is 25.4 Å². The Bertz CT molecular complexity index is 1060. The van der Waals surface area contributed by atoms with Gasteiger partial charge in [-0.15, -0.1) is 0 Å². The van der Waals surface area contributed by atoms with Crippen LogP contribution in [0.2, 0.25) is 0 Å². The number of β-amino-alcohol motifs (C(OH)–C–C–N with tert-alkyl or cyclic N) is 1. The maximum absolute atomic E-state index is 13.0. The molecule has 2 aliphatic rings. The number of carboxylic acids is 1. The molecule has 1 aliphatic heterocycles. The molecule has 1 saturated heterocycles. The summed E-state index contributed by atoms with van der Waals surface area (Å²) in [6, 6.07) is 15.1. The fourth-order valence-electron chi connectivity index (χ4n) is 4.71. The topological polar surface area (TPSA) is 119 Å². The van der Waals surface area contributed by atoms with Gasteiger partial charge in [0.15, 0.2) is 5.60 Å². The number of hydrogen-bond acceptors (Lipinski definition) is 6. The molecule has 0 spiro atoms. The smallest absolute Gasteiger partial charge is 0.407 e. The highest BCUT2D eigenvalue weighted by atomic mass is 16.5. The van der Waals surface area contributed by atoms with Crippen molar-refractivity contribution in [1.82, 2.24) is 15.1 Å². The molecule has 0 bridgehead atoms. The van der Waals surface area contributed by atoms with Gasteiger partial charge in [-0.3, -0.25) is 4.79 Å². The van der Waals surface area contributed by atoms with Crippen LogP contribution in [0.5, 0.6) is 0 Å². The summed E-state index contributed by atoms with van der Waals surface area (Å²) in [6.07, 6.45) is -0.789. The molecule has 1 unspecified atom stereocenters. The third kappa shape index (κ3) is 4.62. The first-order valence-electron chi connectivity index (χ1n) is 11.2. The van der Waals surface area contributed by atoms with Crippen LogP contribution in [0.3, 0.4) is 0 Å². The Kier molecular flexibility index (Phi) is 6.58. The van der Waals surface area contributed by atoms with Gasteiger partial charge in [-0.1, -0.05) is 48.5 Å². The van der Waals surface area contributed by atoms with E-state index in [1.54, 1.807) is 19.0 Å². The van der Waals surface area contributed by atoms with Gasteiger partial charge in [0.2, 0.25) is 5.91 Å². The zero-order valence-corrected chi connectivity index (χ0v) is 19.2. The van der Waals surface area contributed by atoms with Crippen molar-refractivity contribution in [3.8, 4) is 11.1 Å². The first kappa shape index (κ1) is 23.7. The van der Waals surface area contributed by atoms with Crippen LogP contribution in [0.15, 0.2) is 48.5 Å². The molecule has 3 N–H and O–H groups in total. The molecule has 34 heavy (non-hydrogen) atoms. The quantitative estimate of drug-likeness (QED) is 0.565. The number of benzene rings is 2. The SMILES string of the molecule is CN(C)C[C@H](NC(=O)OCC1c2ccccc2-c2ccccc21)C(=O)N1CCC(O)(C(=O)O)C1. The third-order valence-corrected chi connectivity index (χ3v) is 6.44. The molecule has 180 valence electrons. The van der Waals surface area contributed by atoms with Crippen molar-refractivity contribution < 1.29 is 29.3 Å². The van der Waals surface area contributed by atoms with Gasteiger partial charge in [0.05, 0.1) is 6.54 Å². The lowest BCUT2D eigenvalue weighted by molar-refractivity contribution is -0.157. The lowest BCUT2D eigenvalue weighted by Gasteiger charge is -2.27. The molecule has 4 rings (SSSR count). The van der Waals surface area contributed by atoms with Crippen molar-refractivity contribution >= 4 is 18.0 Å². The van der Waals surface area contributed by atoms with Crippen LogP contribution >= 0.6 is 0 Å². The minimum atomic E-state index is -1.97. The van der Waals surface area contributed by atoms with E-state index in [4.69, 9.17) is 4.74 Å². The van der Waals surface area contributed by atoms with Crippen LogP contribution in [0.25, 0.3) is 11.1 Å².